The number of halogens is 1. The Morgan fingerprint density at radius 2 is 2.11 bits per heavy atom. The zero-order chi connectivity index (χ0) is 14.5. The van der Waals surface area contributed by atoms with Crippen LogP contribution in [0.4, 0.5) is 0 Å². The topological polar surface area (TPSA) is 75.6 Å². The molecule has 0 aliphatic rings. The van der Waals surface area contributed by atoms with Gasteiger partial charge in [0, 0.05) is 11.6 Å². The first kappa shape index (κ1) is 15.3. The number of hydrogen-bond donors (Lipinski definition) is 2. The van der Waals surface area contributed by atoms with E-state index in [4.69, 9.17) is 21.4 Å². The molecule has 19 heavy (non-hydrogen) atoms. The van der Waals surface area contributed by atoms with E-state index in [-0.39, 0.29) is 19.1 Å². The van der Waals surface area contributed by atoms with Crippen LogP contribution in [0.25, 0.3) is 0 Å². The molecule has 0 spiro atoms. The van der Waals surface area contributed by atoms with Gasteiger partial charge < -0.3 is 15.2 Å². The lowest BCUT2D eigenvalue weighted by Crippen LogP contribution is -2.40. The monoisotopic (exact) mass is 285 g/mol. The van der Waals surface area contributed by atoms with Crippen molar-refractivity contribution in [1.29, 1.82) is 0 Å². The van der Waals surface area contributed by atoms with Crippen LogP contribution in [0.2, 0.25) is 5.02 Å². The molecule has 0 unspecified atom stereocenters. The van der Waals surface area contributed by atoms with E-state index in [1.54, 1.807) is 24.3 Å². The molecule has 104 valence electrons. The molecule has 0 aliphatic carbocycles. The normalized spacial score (nSPS) is 10.9. The number of amides is 1. The van der Waals surface area contributed by atoms with Gasteiger partial charge in [0.2, 0.25) is 0 Å². The summed E-state index contributed by atoms with van der Waals surface area (Å²) in [7, 11) is 0. The second-order valence-corrected chi connectivity index (χ2v) is 5.15. The first-order valence-electron chi connectivity index (χ1n) is 5.70. The van der Waals surface area contributed by atoms with E-state index >= 15 is 0 Å². The van der Waals surface area contributed by atoms with Crippen LogP contribution in [-0.4, -0.2) is 30.1 Å². The van der Waals surface area contributed by atoms with Crippen LogP contribution in [0.15, 0.2) is 24.3 Å². The number of hydrogen-bond acceptors (Lipinski definition) is 3. The second kappa shape index (κ2) is 6.43. The lowest BCUT2D eigenvalue weighted by molar-refractivity contribution is -0.146. The number of carboxylic acid groups (broad SMARTS) is 1. The average molecular weight is 286 g/mol. The molecule has 1 aromatic carbocycles. The molecule has 6 heteroatoms. The number of rotatable bonds is 6. The fourth-order valence-electron chi connectivity index (χ4n) is 1.15. The lowest BCUT2D eigenvalue weighted by atomic mass is 9.94. The Bertz CT molecular complexity index is 473. The minimum absolute atomic E-state index is 0.0417. The third kappa shape index (κ3) is 5.18. The Hall–Kier alpha value is -1.75. The van der Waals surface area contributed by atoms with Crippen LogP contribution in [-0.2, 0) is 9.59 Å². The van der Waals surface area contributed by atoms with Gasteiger partial charge in [0.15, 0.2) is 6.61 Å². The van der Waals surface area contributed by atoms with Gasteiger partial charge >= 0.3 is 5.97 Å². The number of ether oxygens (including phenoxy) is 1. The van der Waals surface area contributed by atoms with Crippen molar-refractivity contribution in [3.8, 4) is 5.75 Å². The number of carbonyl (C=O) groups excluding carboxylic acids is 1. The third-order valence-corrected chi connectivity index (χ3v) is 2.71. The SMILES string of the molecule is CC(C)(CNC(=O)COc1cccc(Cl)c1)C(=O)O. The summed E-state index contributed by atoms with van der Waals surface area (Å²) in [6.07, 6.45) is 0. The van der Waals surface area contributed by atoms with E-state index in [0.29, 0.717) is 10.8 Å². The maximum atomic E-state index is 11.5. The van der Waals surface area contributed by atoms with Crippen LogP contribution in [0.5, 0.6) is 5.75 Å². The first-order valence-corrected chi connectivity index (χ1v) is 6.07. The summed E-state index contributed by atoms with van der Waals surface area (Å²) >= 11 is 5.77. The smallest absolute Gasteiger partial charge is 0.310 e. The Morgan fingerprint density at radius 1 is 1.42 bits per heavy atom. The highest BCUT2D eigenvalue weighted by molar-refractivity contribution is 6.30. The van der Waals surface area contributed by atoms with Crippen molar-refractivity contribution in [3.63, 3.8) is 0 Å². The third-order valence-electron chi connectivity index (χ3n) is 2.47. The van der Waals surface area contributed by atoms with E-state index < -0.39 is 11.4 Å². The molecule has 0 aromatic heterocycles. The van der Waals surface area contributed by atoms with E-state index in [9.17, 15) is 9.59 Å². The molecular formula is C13H16ClNO4. The lowest BCUT2D eigenvalue weighted by Gasteiger charge is -2.19. The van der Waals surface area contributed by atoms with Crippen molar-refractivity contribution < 1.29 is 19.4 Å². The van der Waals surface area contributed by atoms with Gasteiger partial charge in [0.05, 0.1) is 5.41 Å². The first-order chi connectivity index (χ1) is 8.81. The summed E-state index contributed by atoms with van der Waals surface area (Å²) in [6.45, 7) is 2.93. The summed E-state index contributed by atoms with van der Waals surface area (Å²) in [5, 5.41) is 11.9. The summed E-state index contributed by atoms with van der Waals surface area (Å²) in [5.41, 5.74) is -1.01. The van der Waals surface area contributed by atoms with E-state index in [0.717, 1.165) is 0 Å². The zero-order valence-corrected chi connectivity index (χ0v) is 11.5. The fourth-order valence-corrected chi connectivity index (χ4v) is 1.33. The van der Waals surface area contributed by atoms with Crippen LogP contribution in [0.1, 0.15) is 13.8 Å². The molecule has 0 atom stereocenters. The Balaban J connectivity index is 2.39. The Morgan fingerprint density at radius 3 is 2.68 bits per heavy atom. The summed E-state index contributed by atoms with van der Waals surface area (Å²) in [6, 6.07) is 6.68. The van der Waals surface area contributed by atoms with Crippen LogP contribution < -0.4 is 10.1 Å². The van der Waals surface area contributed by atoms with Gasteiger partial charge in [-0.05, 0) is 32.0 Å². The molecule has 1 aromatic rings. The van der Waals surface area contributed by atoms with Crippen molar-refractivity contribution in [2.45, 2.75) is 13.8 Å². The van der Waals surface area contributed by atoms with Crippen molar-refractivity contribution in [3.05, 3.63) is 29.3 Å². The molecule has 5 nitrogen and oxygen atoms in total. The number of nitrogens with one attached hydrogen (secondary N) is 1. The molecular weight excluding hydrogens is 270 g/mol. The minimum Gasteiger partial charge on any atom is -0.484 e. The fraction of sp³-hybridized carbons (Fsp3) is 0.385. The average Bonchev–Trinajstić information content (AvgIpc) is 2.34. The van der Waals surface area contributed by atoms with E-state index in [2.05, 4.69) is 5.32 Å². The van der Waals surface area contributed by atoms with Crippen molar-refractivity contribution in [2.75, 3.05) is 13.2 Å². The molecule has 0 aliphatic heterocycles. The molecule has 0 heterocycles. The molecule has 2 N–H and O–H groups in total. The van der Waals surface area contributed by atoms with Gasteiger partial charge in [-0.1, -0.05) is 17.7 Å². The maximum absolute atomic E-state index is 11.5. The van der Waals surface area contributed by atoms with Crippen LogP contribution in [0.3, 0.4) is 0 Å². The van der Waals surface area contributed by atoms with Crippen molar-refractivity contribution in [1.82, 2.24) is 5.32 Å². The van der Waals surface area contributed by atoms with Gasteiger partial charge in [-0.2, -0.15) is 0 Å². The molecule has 1 rings (SSSR count). The highest BCUT2D eigenvalue weighted by atomic mass is 35.5. The number of carboxylic acids is 1. The van der Waals surface area contributed by atoms with Gasteiger partial charge in [-0.25, -0.2) is 0 Å². The largest absolute Gasteiger partial charge is 0.484 e. The van der Waals surface area contributed by atoms with Gasteiger partial charge in [0.1, 0.15) is 5.75 Å². The molecule has 0 fully saturated rings. The molecule has 0 saturated carbocycles. The minimum atomic E-state index is -1.01. The van der Waals surface area contributed by atoms with Gasteiger partial charge in [-0.3, -0.25) is 9.59 Å². The summed E-state index contributed by atoms with van der Waals surface area (Å²) in [5.74, 6) is -0.863. The summed E-state index contributed by atoms with van der Waals surface area (Å²) in [4.78, 5) is 22.4. The maximum Gasteiger partial charge on any atom is 0.310 e. The van der Waals surface area contributed by atoms with Crippen LogP contribution >= 0.6 is 11.6 Å². The molecule has 0 radical (unpaired) electrons. The highest BCUT2D eigenvalue weighted by Gasteiger charge is 2.27. The summed E-state index contributed by atoms with van der Waals surface area (Å²) < 4.78 is 5.23. The molecule has 0 bridgehead atoms. The zero-order valence-electron chi connectivity index (χ0n) is 10.8. The molecule has 0 saturated heterocycles. The Labute approximate surface area is 116 Å². The molecule has 1 amide bonds. The quantitative estimate of drug-likeness (QED) is 0.837. The second-order valence-electron chi connectivity index (χ2n) is 4.71. The number of carbonyl (C=O) groups is 2. The predicted molar refractivity (Wildman–Crippen MR) is 71.4 cm³/mol. The van der Waals surface area contributed by atoms with Crippen molar-refractivity contribution in [2.24, 2.45) is 5.41 Å². The highest BCUT2D eigenvalue weighted by Crippen LogP contribution is 2.17. The standard InChI is InChI=1S/C13H16ClNO4/c1-13(2,12(17)18)8-15-11(16)7-19-10-5-3-4-9(14)6-10/h3-6H,7-8H2,1-2H3,(H,15,16)(H,17,18). The van der Waals surface area contributed by atoms with E-state index in [1.807, 2.05) is 0 Å². The number of benzene rings is 1. The predicted octanol–water partition coefficient (Wildman–Crippen LogP) is 1.95. The number of aliphatic carboxylic acids is 1. The Kier molecular flexibility index (Phi) is 5.18. The van der Waals surface area contributed by atoms with Crippen molar-refractivity contribution >= 4 is 23.5 Å². The van der Waals surface area contributed by atoms with Gasteiger partial charge in [0.25, 0.3) is 5.91 Å². The van der Waals surface area contributed by atoms with Crippen LogP contribution in [0, 0.1) is 5.41 Å². The van der Waals surface area contributed by atoms with Gasteiger partial charge in [-0.15, -0.1) is 0 Å². The van der Waals surface area contributed by atoms with E-state index in [1.165, 1.54) is 13.8 Å².